The molecule has 1 rings (SSSR count). The molecule has 0 aromatic carbocycles. The number of β-amino-alcohol motifs (C(OH)–C–C–N with tert-alkyl or cyclic N) is 1. The van der Waals surface area contributed by atoms with Gasteiger partial charge in [-0.25, -0.2) is 0 Å². The van der Waals surface area contributed by atoms with Gasteiger partial charge in [0.2, 0.25) is 5.91 Å². The molecule has 0 aromatic heterocycles. The highest BCUT2D eigenvalue weighted by Crippen LogP contribution is 2.10. The van der Waals surface area contributed by atoms with Crippen LogP contribution in [0.4, 0.5) is 0 Å². The van der Waals surface area contributed by atoms with Crippen LogP contribution in [0.2, 0.25) is 0 Å². The summed E-state index contributed by atoms with van der Waals surface area (Å²) >= 11 is 0. The summed E-state index contributed by atoms with van der Waals surface area (Å²) in [5.74, 6) is -1.25. The standard InChI is InChI=1S/C10H18N4O4/c11-7(9(17)18)2-1-3-13-10(12)14-5-6(15)4-8(14)16/h6-7,15H,1-5,11H2,(H2,12,13)(H,17,18)/t6?,7-/m0/s1. The molecular formula is C10H18N4O4. The molecule has 1 saturated heterocycles. The van der Waals surface area contributed by atoms with Gasteiger partial charge in [-0.3, -0.25) is 19.5 Å². The van der Waals surface area contributed by atoms with Gasteiger partial charge in [0, 0.05) is 6.54 Å². The fraction of sp³-hybridized carbons (Fsp3) is 0.700. The first-order valence-corrected chi connectivity index (χ1v) is 5.68. The van der Waals surface area contributed by atoms with Crippen LogP contribution in [0, 0.1) is 0 Å². The third-order valence-corrected chi connectivity index (χ3v) is 2.65. The first-order chi connectivity index (χ1) is 8.41. The molecular weight excluding hydrogens is 240 g/mol. The maximum atomic E-state index is 11.4. The van der Waals surface area contributed by atoms with E-state index in [0.29, 0.717) is 19.4 Å². The molecule has 102 valence electrons. The summed E-state index contributed by atoms with van der Waals surface area (Å²) in [5.41, 5.74) is 10.9. The molecule has 8 heteroatoms. The third kappa shape index (κ3) is 3.97. The predicted octanol–water partition coefficient (Wildman–Crippen LogP) is -1.91. The highest BCUT2D eigenvalue weighted by atomic mass is 16.4. The zero-order valence-electron chi connectivity index (χ0n) is 9.95. The summed E-state index contributed by atoms with van der Waals surface area (Å²) in [4.78, 5) is 27.0. The van der Waals surface area contributed by atoms with Gasteiger partial charge in [-0.15, -0.1) is 0 Å². The SMILES string of the molecule is NC(=NCCC[C@H](N)C(=O)O)N1CC(O)CC1=O. The second kappa shape index (κ2) is 6.31. The number of aliphatic hydroxyl groups excluding tert-OH is 1. The number of aliphatic carboxylic acids is 1. The van der Waals surface area contributed by atoms with E-state index in [4.69, 9.17) is 16.6 Å². The van der Waals surface area contributed by atoms with E-state index >= 15 is 0 Å². The van der Waals surface area contributed by atoms with Crippen LogP contribution in [0.25, 0.3) is 0 Å². The first-order valence-electron chi connectivity index (χ1n) is 5.68. The molecule has 0 aromatic rings. The van der Waals surface area contributed by atoms with Crippen molar-refractivity contribution < 1.29 is 19.8 Å². The van der Waals surface area contributed by atoms with Gasteiger partial charge in [0.1, 0.15) is 6.04 Å². The van der Waals surface area contributed by atoms with Gasteiger partial charge >= 0.3 is 5.97 Å². The Bertz CT molecular complexity index is 358. The molecule has 6 N–H and O–H groups in total. The van der Waals surface area contributed by atoms with E-state index in [9.17, 15) is 14.7 Å². The average Bonchev–Trinajstić information content (AvgIpc) is 2.63. The predicted molar refractivity (Wildman–Crippen MR) is 63.7 cm³/mol. The minimum atomic E-state index is -1.05. The molecule has 1 fully saturated rings. The van der Waals surface area contributed by atoms with Crippen LogP contribution in [-0.4, -0.2) is 58.2 Å². The van der Waals surface area contributed by atoms with Crippen molar-refractivity contribution in [1.82, 2.24) is 4.90 Å². The molecule has 1 amide bonds. The van der Waals surface area contributed by atoms with Crippen LogP contribution >= 0.6 is 0 Å². The number of guanidine groups is 1. The maximum absolute atomic E-state index is 11.4. The first kappa shape index (κ1) is 14.4. The minimum absolute atomic E-state index is 0.0557. The van der Waals surface area contributed by atoms with Gasteiger partial charge in [0.25, 0.3) is 0 Å². The second-order valence-corrected chi connectivity index (χ2v) is 4.19. The molecule has 0 radical (unpaired) electrons. The number of hydrogen-bond acceptors (Lipinski definition) is 5. The molecule has 1 heterocycles. The summed E-state index contributed by atoms with van der Waals surface area (Å²) in [7, 11) is 0. The second-order valence-electron chi connectivity index (χ2n) is 4.19. The highest BCUT2D eigenvalue weighted by Gasteiger charge is 2.30. The molecule has 0 bridgehead atoms. The molecule has 0 spiro atoms. The molecule has 0 aliphatic carbocycles. The topological polar surface area (TPSA) is 142 Å². The lowest BCUT2D eigenvalue weighted by atomic mass is 10.2. The Balaban J connectivity index is 2.34. The van der Waals surface area contributed by atoms with Crippen molar-refractivity contribution in [2.24, 2.45) is 16.5 Å². The summed E-state index contributed by atoms with van der Waals surface area (Å²) in [6.45, 7) is 0.454. The molecule has 18 heavy (non-hydrogen) atoms. The normalized spacial score (nSPS) is 22.3. The van der Waals surface area contributed by atoms with E-state index in [2.05, 4.69) is 4.99 Å². The Morgan fingerprint density at radius 1 is 1.61 bits per heavy atom. The summed E-state index contributed by atoms with van der Waals surface area (Å²) in [5, 5.41) is 17.8. The molecule has 8 nitrogen and oxygen atoms in total. The minimum Gasteiger partial charge on any atom is -0.480 e. The number of carbonyl (C=O) groups is 2. The number of aliphatic imine (C=N–C) groups is 1. The Hall–Kier alpha value is -1.67. The number of rotatable bonds is 5. The maximum Gasteiger partial charge on any atom is 0.320 e. The van der Waals surface area contributed by atoms with E-state index in [1.807, 2.05) is 0 Å². The van der Waals surface area contributed by atoms with E-state index in [1.165, 1.54) is 4.90 Å². The lowest BCUT2D eigenvalue weighted by molar-refractivity contribution is -0.138. The highest BCUT2D eigenvalue weighted by molar-refractivity contribution is 5.97. The zero-order chi connectivity index (χ0) is 13.7. The zero-order valence-corrected chi connectivity index (χ0v) is 9.95. The quantitative estimate of drug-likeness (QED) is 0.257. The molecule has 1 aliphatic heterocycles. The number of hydrogen-bond donors (Lipinski definition) is 4. The van der Waals surface area contributed by atoms with Crippen molar-refractivity contribution in [1.29, 1.82) is 0 Å². The van der Waals surface area contributed by atoms with Crippen molar-refractivity contribution in [3.05, 3.63) is 0 Å². The summed E-state index contributed by atoms with van der Waals surface area (Å²) in [6.07, 6.45) is 0.119. The van der Waals surface area contributed by atoms with Gasteiger partial charge < -0.3 is 21.7 Å². The van der Waals surface area contributed by atoms with Crippen LogP contribution in [0.1, 0.15) is 19.3 Å². The molecule has 1 aliphatic rings. The number of likely N-dealkylation sites (tertiary alicyclic amines) is 1. The van der Waals surface area contributed by atoms with Crippen molar-refractivity contribution in [2.45, 2.75) is 31.4 Å². The van der Waals surface area contributed by atoms with E-state index in [1.54, 1.807) is 0 Å². The van der Waals surface area contributed by atoms with E-state index < -0.39 is 18.1 Å². The monoisotopic (exact) mass is 258 g/mol. The molecule has 0 saturated carbocycles. The van der Waals surface area contributed by atoms with Crippen LogP contribution < -0.4 is 11.5 Å². The number of carboxylic acid groups (broad SMARTS) is 1. The smallest absolute Gasteiger partial charge is 0.320 e. The van der Waals surface area contributed by atoms with Gasteiger partial charge in [-0.05, 0) is 12.8 Å². The van der Waals surface area contributed by atoms with Gasteiger partial charge in [0.15, 0.2) is 5.96 Å². The number of carboxylic acids is 1. The van der Waals surface area contributed by atoms with Crippen molar-refractivity contribution in [2.75, 3.05) is 13.1 Å². The van der Waals surface area contributed by atoms with Gasteiger partial charge in [-0.1, -0.05) is 0 Å². The lowest BCUT2D eigenvalue weighted by Crippen LogP contribution is -2.39. The Labute approximate surface area is 104 Å². The Kier molecular flexibility index (Phi) is 5.05. The van der Waals surface area contributed by atoms with Crippen LogP contribution in [0.15, 0.2) is 4.99 Å². The fourth-order valence-corrected chi connectivity index (χ4v) is 1.62. The fourth-order valence-electron chi connectivity index (χ4n) is 1.62. The Morgan fingerprint density at radius 3 is 2.78 bits per heavy atom. The molecule has 1 unspecified atom stereocenters. The van der Waals surface area contributed by atoms with Crippen LogP contribution in [0.3, 0.4) is 0 Å². The number of carbonyl (C=O) groups excluding carboxylic acids is 1. The van der Waals surface area contributed by atoms with Gasteiger partial charge in [0.05, 0.1) is 19.1 Å². The Morgan fingerprint density at radius 2 is 2.28 bits per heavy atom. The lowest BCUT2D eigenvalue weighted by Gasteiger charge is -2.14. The van der Waals surface area contributed by atoms with Crippen molar-refractivity contribution in [3.63, 3.8) is 0 Å². The van der Waals surface area contributed by atoms with Crippen molar-refractivity contribution in [3.8, 4) is 0 Å². The van der Waals surface area contributed by atoms with Crippen LogP contribution in [-0.2, 0) is 9.59 Å². The van der Waals surface area contributed by atoms with Crippen LogP contribution in [0.5, 0.6) is 0 Å². The third-order valence-electron chi connectivity index (χ3n) is 2.65. The molecule has 2 atom stereocenters. The number of nitrogens with two attached hydrogens (primary N) is 2. The number of aliphatic hydroxyl groups is 1. The number of nitrogens with zero attached hydrogens (tertiary/aromatic N) is 2. The van der Waals surface area contributed by atoms with E-state index in [-0.39, 0.29) is 24.8 Å². The summed E-state index contributed by atoms with van der Waals surface area (Å²) in [6, 6.07) is -0.906. The van der Waals surface area contributed by atoms with Crippen molar-refractivity contribution >= 4 is 17.8 Å². The largest absolute Gasteiger partial charge is 0.480 e. The number of amides is 1. The average molecular weight is 258 g/mol. The van der Waals surface area contributed by atoms with E-state index in [0.717, 1.165) is 0 Å². The van der Waals surface area contributed by atoms with Gasteiger partial charge in [-0.2, -0.15) is 0 Å². The summed E-state index contributed by atoms with van der Waals surface area (Å²) < 4.78 is 0.